The molecular formula is C29H39N3O6. The van der Waals surface area contributed by atoms with Gasteiger partial charge >= 0.3 is 6.03 Å². The Kier molecular flexibility index (Phi) is 8.93. The summed E-state index contributed by atoms with van der Waals surface area (Å²) in [5.74, 6) is -0.389. The van der Waals surface area contributed by atoms with Crippen molar-refractivity contribution in [2.24, 2.45) is 0 Å². The number of benzene rings is 2. The number of hydrogen-bond donors (Lipinski definition) is 3. The number of aliphatic hydroxyl groups is 1. The quantitative estimate of drug-likeness (QED) is 0.486. The second kappa shape index (κ2) is 12.5. The van der Waals surface area contributed by atoms with E-state index in [-0.39, 0.29) is 30.6 Å². The Hall–Kier alpha value is -2.53. The van der Waals surface area contributed by atoms with Gasteiger partial charge < -0.3 is 39.6 Å². The summed E-state index contributed by atoms with van der Waals surface area (Å²) in [6, 6.07) is 15.8. The molecule has 2 aromatic rings. The van der Waals surface area contributed by atoms with Gasteiger partial charge in [0.1, 0.15) is 0 Å². The summed E-state index contributed by atoms with van der Waals surface area (Å²) < 4.78 is 24.8. The van der Waals surface area contributed by atoms with Crippen LogP contribution in [0.4, 0.5) is 4.79 Å². The summed E-state index contributed by atoms with van der Waals surface area (Å²) >= 11 is 0. The van der Waals surface area contributed by atoms with Gasteiger partial charge in [0.2, 0.25) is 0 Å². The fourth-order valence-electron chi connectivity index (χ4n) is 5.38. The molecule has 0 radical (unpaired) electrons. The Morgan fingerprint density at radius 1 is 0.947 bits per heavy atom. The van der Waals surface area contributed by atoms with E-state index in [1.807, 2.05) is 55.5 Å². The maximum atomic E-state index is 11.7. The molecule has 3 heterocycles. The molecule has 2 aromatic carbocycles. The molecule has 3 saturated heterocycles. The molecule has 3 fully saturated rings. The number of nitrogens with zero attached hydrogens (tertiary/aromatic N) is 1. The van der Waals surface area contributed by atoms with E-state index in [0.717, 1.165) is 61.2 Å². The predicted molar refractivity (Wildman–Crippen MR) is 141 cm³/mol. The first-order valence-electron chi connectivity index (χ1n) is 13.7. The molecule has 3 aliphatic heterocycles. The second-order valence-corrected chi connectivity index (χ2v) is 10.2. The third-order valence-corrected chi connectivity index (χ3v) is 7.55. The van der Waals surface area contributed by atoms with Crippen LogP contribution < -0.4 is 10.6 Å². The van der Waals surface area contributed by atoms with Crippen LogP contribution in [0.3, 0.4) is 0 Å². The van der Waals surface area contributed by atoms with Crippen molar-refractivity contribution in [2.45, 2.75) is 63.6 Å². The normalized spacial score (nSPS) is 25.4. The second-order valence-electron chi connectivity index (χ2n) is 10.2. The number of carbonyl (C=O) groups is 1. The zero-order chi connectivity index (χ0) is 26.4. The molecule has 0 aliphatic carbocycles. The van der Waals surface area contributed by atoms with Crippen LogP contribution in [0.2, 0.25) is 0 Å². The van der Waals surface area contributed by atoms with Gasteiger partial charge in [0, 0.05) is 57.5 Å². The maximum absolute atomic E-state index is 11.7. The van der Waals surface area contributed by atoms with Gasteiger partial charge in [0.25, 0.3) is 0 Å². The van der Waals surface area contributed by atoms with E-state index in [9.17, 15) is 9.90 Å². The Balaban J connectivity index is 1.26. The van der Waals surface area contributed by atoms with Crippen LogP contribution in [0.15, 0.2) is 48.5 Å². The molecule has 0 bridgehead atoms. The van der Waals surface area contributed by atoms with Crippen LogP contribution in [-0.2, 0) is 32.1 Å². The van der Waals surface area contributed by atoms with Gasteiger partial charge in [-0.05, 0) is 23.6 Å². The molecule has 1 unspecified atom stereocenters. The van der Waals surface area contributed by atoms with Crippen molar-refractivity contribution in [3.63, 3.8) is 0 Å². The smallest absolute Gasteiger partial charge is 0.315 e. The Morgan fingerprint density at radius 3 is 2.26 bits per heavy atom. The minimum absolute atomic E-state index is 0.00480. The van der Waals surface area contributed by atoms with E-state index in [2.05, 4.69) is 15.5 Å². The third-order valence-electron chi connectivity index (χ3n) is 7.55. The lowest BCUT2D eigenvalue weighted by molar-refractivity contribution is -0.255. The van der Waals surface area contributed by atoms with Gasteiger partial charge in [-0.2, -0.15) is 0 Å². The Morgan fingerprint density at radius 2 is 1.61 bits per heavy atom. The predicted octanol–water partition coefficient (Wildman–Crippen LogP) is 3.38. The lowest BCUT2D eigenvalue weighted by Gasteiger charge is -2.41. The van der Waals surface area contributed by atoms with Gasteiger partial charge in [-0.25, -0.2) is 4.79 Å². The first-order chi connectivity index (χ1) is 18.6. The van der Waals surface area contributed by atoms with Crippen LogP contribution in [0, 0.1) is 0 Å². The van der Waals surface area contributed by atoms with Crippen LogP contribution >= 0.6 is 0 Å². The zero-order valence-electron chi connectivity index (χ0n) is 22.1. The monoisotopic (exact) mass is 525 g/mol. The molecule has 0 saturated carbocycles. The van der Waals surface area contributed by atoms with Crippen LogP contribution in [-0.4, -0.2) is 67.3 Å². The molecule has 1 spiro atoms. The molecule has 9 nitrogen and oxygen atoms in total. The number of likely N-dealkylation sites (tertiary alicyclic amines) is 1. The lowest BCUT2D eigenvalue weighted by Crippen LogP contribution is -2.48. The summed E-state index contributed by atoms with van der Waals surface area (Å²) in [6.45, 7) is 6.95. The number of ether oxygens (including phenoxy) is 4. The van der Waals surface area contributed by atoms with E-state index in [4.69, 9.17) is 18.9 Å². The first kappa shape index (κ1) is 27.1. The van der Waals surface area contributed by atoms with Crippen molar-refractivity contribution in [1.82, 2.24) is 15.5 Å². The first-order valence-corrected chi connectivity index (χ1v) is 13.7. The highest BCUT2D eigenvalue weighted by atomic mass is 16.7. The number of piperidine rings is 1. The van der Waals surface area contributed by atoms with E-state index in [1.165, 1.54) is 0 Å². The van der Waals surface area contributed by atoms with Crippen molar-refractivity contribution < 1.29 is 28.8 Å². The van der Waals surface area contributed by atoms with E-state index in [0.29, 0.717) is 26.3 Å². The summed E-state index contributed by atoms with van der Waals surface area (Å²) in [4.78, 5) is 14.2. The van der Waals surface area contributed by atoms with Crippen molar-refractivity contribution >= 4 is 6.03 Å². The summed E-state index contributed by atoms with van der Waals surface area (Å²) in [5, 5.41) is 15.0. The zero-order valence-corrected chi connectivity index (χ0v) is 22.1. The fourth-order valence-corrected chi connectivity index (χ4v) is 5.38. The molecular weight excluding hydrogens is 486 g/mol. The summed E-state index contributed by atoms with van der Waals surface area (Å²) in [6.07, 6.45) is 1.87. The van der Waals surface area contributed by atoms with Crippen LogP contribution in [0.5, 0.6) is 0 Å². The molecule has 3 aliphatic rings. The van der Waals surface area contributed by atoms with Gasteiger partial charge in [0.05, 0.1) is 32.0 Å². The minimum atomic E-state index is -0.501. The van der Waals surface area contributed by atoms with E-state index in [1.54, 1.807) is 0 Å². The van der Waals surface area contributed by atoms with Crippen LogP contribution in [0.25, 0.3) is 0 Å². The number of urea groups is 1. The van der Waals surface area contributed by atoms with Crippen LogP contribution in [0.1, 0.15) is 60.8 Å². The number of amides is 2. The molecule has 0 aromatic heterocycles. The highest BCUT2D eigenvalue weighted by Crippen LogP contribution is 2.39. The Labute approximate surface area is 224 Å². The molecule has 206 valence electrons. The summed E-state index contributed by atoms with van der Waals surface area (Å²) in [5.41, 5.74) is 3.90. The highest BCUT2D eigenvalue weighted by Gasteiger charge is 2.41. The van der Waals surface area contributed by atoms with Crippen molar-refractivity contribution in [3.05, 3.63) is 70.8 Å². The molecule has 5 rings (SSSR count). The van der Waals surface area contributed by atoms with Gasteiger partial charge in [0.15, 0.2) is 12.1 Å². The molecule has 3 N–H and O–H groups in total. The summed E-state index contributed by atoms with van der Waals surface area (Å²) in [7, 11) is 0. The van der Waals surface area contributed by atoms with Gasteiger partial charge in [-0.3, -0.25) is 0 Å². The SMILES string of the molecule is CCNC(=O)NCc1ccc(C2O[C@H](CN3CCC4(CC3)OCCO4)C[C@H](c3ccc(CO)cc3)O2)cc1. The van der Waals surface area contributed by atoms with E-state index < -0.39 is 6.29 Å². The third kappa shape index (κ3) is 6.72. The van der Waals surface area contributed by atoms with Crippen molar-refractivity contribution in [1.29, 1.82) is 0 Å². The molecule has 3 atom stereocenters. The van der Waals surface area contributed by atoms with Gasteiger partial charge in [-0.1, -0.05) is 48.5 Å². The average Bonchev–Trinajstić information content (AvgIpc) is 3.41. The minimum Gasteiger partial charge on any atom is -0.392 e. The number of hydrogen-bond acceptors (Lipinski definition) is 7. The number of carbonyl (C=O) groups excluding carboxylic acids is 1. The molecule has 38 heavy (non-hydrogen) atoms. The Bertz CT molecular complexity index is 1030. The average molecular weight is 526 g/mol. The van der Waals surface area contributed by atoms with Crippen molar-refractivity contribution in [3.8, 4) is 0 Å². The topological polar surface area (TPSA) is 102 Å². The molecule has 9 heteroatoms. The maximum Gasteiger partial charge on any atom is 0.315 e. The number of nitrogens with one attached hydrogen (secondary N) is 2. The highest BCUT2D eigenvalue weighted by molar-refractivity contribution is 5.73. The fraction of sp³-hybridized carbons (Fsp3) is 0.552. The van der Waals surface area contributed by atoms with E-state index >= 15 is 0 Å². The number of aliphatic hydroxyl groups excluding tert-OH is 1. The lowest BCUT2D eigenvalue weighted by atomic mass is 9.98. The molecule has 2 amide bonds. The van der Waals surface area contributed by atoms with Crippen molar-refractivity contribution in [2.75, 3.05) is 39.4 Å². The standard InChI is InChI=1S/C29H39N3O6/c1-2-30-28(34)31-18-21-3-9-24(10-4-21)27-37-25(17-26(38-27)23-7-5-22(20-33)6-8-23)19-32-13-11-29(12-14-32)35-15-16-36-29/h3-10,25-27,33H,2,11-20H2,1H3,(H2,30,31,34)/t25-,26+,27?/m0/s1. The number of rotatable bonds is 8. The van der Waals surface area contributed by atoms with Gasteiger partial charge in [-0.15, -0.1) is 0 Å². The largest absolute Gasteiger partial charge is 0.392 e.